The second-order valence-electron chi connectivity index (χ2n) is 10.8. The monoisotopic (exact) mass is 583 g/mol. The normalized spacial score (nSPS) is 21.7. The highest BCUT2D eigenvalue weighted by Gasteiger charge is 2.58. The summed E-state index contributed by atoms with van der Waals surface area (Å²) in [4.78, 5) is 33.2. The molecule has 4 aliphatic rings. The van der Waals surface area contributed by atoms with E-state index >= 15 is 0 Å². The summed E-state index contributed by atoms with van der Waals surface area (Å²) in [5, 5.41) is 11.2. The highest BCUT2D eigenvalue weighted by atomic mass is 32.1. The van der Waals surface area contributed by atoms with Crippen molar-refractivity contribution >= 4 is 39.0 Å². The van der Waals surface area contributed by atoms with Gasteiger partial charge in [-0.3, -0.25) is 15.0 Å². The highest BCUT2D eigenvalue weighted by Crippen LogP contribution is 2.59. The van der Waals surface area contributed by atoms with Gasteiger partial charge in [0.15, 0.2) is 5.00 Å². The lowest BCUT2D eigenvalue weighted by Gasteiger charge is -2.52. The van der Waals surface area contributed by atoms with E-state index in [4.69, 9.17) is 9.72 Å². The lowest BCUT2D eigenvalue weighted by Crippen LogP contribution is -2.64. The predicted octanol–water partition coefficient (Wildman–Crippen LogP) is 7.14. The van der Waals surface area contributed by atoms with E-state index in [1.54, 1.807) is 7.11 Å². The summed E-state index contributed by atoms with van der Waals surface area (Å²) in [6.07, 6.45) is 0. The smallest absolute Gasteiger partial charge is 0.252 e. The van der Waals surface area contributed by atoms with Gasteiger partial charge in [0.1, 0.15) is 11.4 Å². The molecule has 1 N–H and O–H groups in total. The van der Waals surface area contributed by atoms with E-state index in [2.05, 4.69) is 39.9 Å². The van der Waals surface area contributed by atoms with Crippen molar-refractivity contribution in [2.45, 2.75) is 11.8 Å². The van der Waals surface area contributed by atoms with Crippen LogP contribution in [0.5, 0.6) is 5.75 Å². The summed E-state index contributed by atoms with van der Waals surface area (Å²) in [7, 11) is 1.61. The van der Waals surface area contributed by atoms with Crippen LogP contribution < -0.4 is 15.2 Å². The molecule has 2 unspecified atom stereocenters. The van der Waals surface area contributed by atoms with Crippen LogP contribution in [0.25, 0.3) is 11.3 Å². The maximum atomic E-state index is 14.4. The van der Waals surface area contributed by atoms with Crippen molar-refractivity contribution in [1.29, 1.82) is 0 Å². The van der Waals surface area contributed by atoms with Crippen LogP contribution in [0.2, 0.25) is 0 Å². The van der Waals surface area contributed by atoms with Gasteiger partial charge in [-0.15, -0.1) is 10.2 Å². The molecule has 0 saturated carbocycles. The van der Waals surface area contributed by atoms with E-state index in [-0.39, 0.29) is 23.7 Å². The molecule has 1 fully saturated rings. The zero-order chi connectivity index (χ0) is 29.1. The molecule has 9 heteroatoms. The van der Waals surface area contributed by atoms with E-state index in [0.29, 0.717) is 21.5 Å². The number of anilines is 1. The van der Waals surface area contributed by atoms with Gasteiger partial charge in [-0.25, -0.2) is 4.98 Å². The first kappa shape index (κ1) is 25.6. The number of thiazole rings is 1. The number of hydrogen-bond acceptors (Lipinski definition) is 7. The first-order valence-electron chi connectivity index (χ1n) is 14.1. The maximum Gasteiger partial charge on any atom is 0.252 e. The number of carbonyl (C=O) groups is 2. The molecule has 8 nitrogen and oxygen atoms in total. The Hall–Kier alpha value is -5.15. The number of hydrogen-bond donors (Lipinski definition) is 1. The molecule has 2 amide bonds. The minimum atomic E-state index is -0.544. The molecule has 1 saturated heterocycles. The Labute approximate surface area is 251 Å². The van der Waals surface area contributed by atoms with E-state index in [0.717, 1.165) is 33.6 Å². The molecular weight excluding hydrogens is 558 g/mol. The van der Waals surface area contributed by atoms with E-state index in [1.165, 1.54) is 16.3 Å². The first-order valence-corrected chi connectivity index (χ1v) is 14.9. The van der Waals surface area contributed by atoms with Crippen molar-refractivity contribution in [3.05, 3.63) is 125 Å². The minimum absolute atomic E-state index is 0.171. The lowest BCUT2D eigenvalue weighted by atomic mass is 9.53. The van der Waals surface area contributed by atoms with Gasteiger partial charge in [-0.1, -0.05) is 90.2 Å². The van der Waals surface area contributed by atoms with E-state index < -0.39 is 11.8 Å². The summed E-state index contributed by atoms with van der Waals surface area (Å²) >= 11 is 1.22. The van der Waals surface area contributed by atoms with E-state index in [1.807, 2.05) is 78.9 Å². The molecule has 9 rings (SSSR count). The van der Waals surface area contributed by atoms with Gasteiger partial charge < -0.3 is 4.74 Å². The molecule has 3 aliphatic carbocycles. The summed E-state index contributed by atoms with van der Waals surface area (Å²) in [5.41, 5.74) is 9.48. The zero-order valence-corrected chi connectivity index (χ0v) is 23.9. The van der Waals surface area contributed by atoms with Crippen molar-refractivity contribution in [3.63, 3.8) is 0 Å². The molecule has 210 valence electrons. The molecule has 43 heavy (non-hydrogen) atoms. The van der Waals surface area contributed by atoms with Gasteiger partial charge in [0, 0.05) is 17.4 Å². The molecule has 1 aromatic heterocycles. The van der Waals surface area contributed by atoms with Crippen molar-refractivity contribution in [2.75, 3.05) is 12.1 Å². The standard InChI is InChI=1S/C34H25N5O3S/c1-42-21-17-15-20(16-18-21)36-37-32-30(19-9-3-2-4-10-19)35-34(43-32)39-33(41)29-27-24-13-7-5-11-22(24)26(28(29)31(40)38-39)23-12-6-8-14-25(23)27/h2-18,26-29H,1H3,(H,38,40). The summed E-state index contributed by atoms with van der Waals surface area (Å²) in [6.45, 7) is 0. The SMILES string of the molecule is COc1ccc(N=Nc2sc(N3NC(=O)C4C5c6ccccc6C(c6ccccc65)C4C3=O)nc2-c2ccccc2)cc1. The van der Waals surface area contributed by atoms with Gasteiger partial charge in [0.05, 0.1) is 24.6 Å². The predicted molar refractivity (Wildman–Crippen MR) is 164 cm³/mol. The van der Waals surface area contributed by atoms with Crippen LogP contribution >= 0.6 is 11.3 Å². The molecular formula is C34H25N5O3S. The Balaban J connectivity index is 1.20. The first-order chi connectivity index (χ1) is 21.1. The Bertz CT molecular complexity index is 1870. The zero-order valence-electron chi connectivity index (χ0n) is 23.0. The van der Waals surface area contributed by atoms with Crippen molar-refractivity contribution < 1.29 is 14.3 Å². The van der Waals surface area contributed by atoms with Crippen LogP contribution in [0.4, 0.5) is 15.8 Å². The Morgan fingerprint density at radius 3 is 1.93 bits per heavy atom. The molecule has 2 bridgehead atoms. The lowest BCUT2D eigenvalue weighted by molar-refractivity contribution is -0.142. The second kappa shape index (κ2) is 9.99. The molecule has 2 atom stereocenters. The van der Waals surface area contributed by atoms with Crippen LogP contribution in [-0.4, -0.2) is 23.9 Å². The molecule has 1 aliphatic heterocycles. The highest BCUT2D eigenvalue weighted by molar-refractivity contribution is 7.20. The number of nitrogens with one attached hydrogen (secondary N) is 1. The molecule has 0 spiro atoms. The van der Waals surface area contributed by atoms with Gasteiger partial charge in [0.2, 0.25) is 11.0 Å². The number of nitrogens with zero attached hydrogens (tertiary/aromatic N) is 4. The fourth-order valence-corrected chi connectivity index (χ4v) is 7.70. The number of aromatic nitrogens is 1. The van der Waals surface area contributed by atoms with Crippen molar-refractivity contribution in [3.8, 4) is 17.0 Å². The largest absolute Gasteiger partial charge is 0.497 e. The quantitative estimate of drug-likeness (QED) is 0.223. The molecule has 0 radical (unpaired) electrons. The number of carbonyl (C=O) groups excluding carboxylic acids is 2. The number of ether oxygens (including phenoxy) is 1. The van der Waals surface area contributed by atoms with Crippen molar-refractivity contribution in [2.24, 2.45) is 22.1 Å². The summed E-state index contributed by atoms with van der Waals surface area (Å²) in [5.74, 6) is -1.07. The number of methoxy groups -OCH3 is 1. The maximum absolute atomic E-state index is 14.4. The van der Waals surface area contributed by atoms with Gasteiger partial charge >= 0.3 is 0 Å². The third-order valence-electron chi connectivity index (χ3n) is 8.63. The summed E-state index contributed by atoms with van der Waals surface area (Å²) in [6, 6.07) is 33.3. The number of rotatable bonds is 5. The number of azo groups is 1. The second-order valence-corrected chi connectivity index (χ2v) is 11.8. The minimum Gasteiger partial charge on any atom is -0.497 e. The summed E-state index contributed by atoms with van der Waals surface area (Å²) < 4.78 is 5.24. The molecule has 4 aromatic carbocycles. The average molecular weight is 584 g/mol. The topological polar surface area (TPSA) is 96.3 Å². The Morgan fingerprint density at radius 1 is 0.744 bits per heavy atom. The molecule has 5 aromatic rings. The third-order valence-corrected chi connectivity index (χ3v) is 9.56. The van der Waals surface area contributed by atoms with Crippen molar-refractivity contribution in [1.82, 2.24) is 10.4 Å². The number of hydrazine groups is 1. The number of benzene rings is 4. The fourth-order valence-electron chi connectivity index (χ4n) is 6.82. The van der Waals surface area contributed by atoms with Crippen LogP contribution in [0.1, 0.15) is 34.1 Å². The Morgan fingerprint density at radius 2 is 1.33 bits per heavy atom. The van der Waals surface area contributed by atoms with Gasteiger partial charge in [-0.05, 0) is 46.5 Å². The third kappa shape index (κ3) is 3.99. The number of amides is 2. The fraction of sp³-hybridized carbons (Fsp3) is 0.147. The van der Waals surface area contributed by atoms with Gasteiger partial charge in [0.25, 0.3) is 5.91 Å². The average Bonchev–Trinajstić information content (AvgIpc) is 3.49. The van der Waals surface area contributed by atoms with Crippen LogP contribution in [0.15, 0.2) is 113 Å². The van der Waals surface area contributed by atoms with E-state index in [9.17, 15) is 9.59 Å². The van der Waals surface area contributed by atoms with Gasteiger partial charge in [-0.2, -0.15) is 5.01 Å². The Kier molecular flexibility index (Phi) is 5.94. The molecule has 2 heterocycles. The van der Waals surface area contributed by atoms with Crippen LogP contribution in [-0.2, 0) is 9.59 Å². The van der Waals surface area contributed by atoms with Crippen LogP contribution in [0, 0.1) is 11.8 Å². The van der Waals surface area contributed by atoms with Crippen LogP contribution in [0.3, 0.4) is 0 Å².